The van der Waals surface area contributed by atoms with Gasteiger partial charge in [-0.3, -0.25) is 4.98 Å². The summed E-state index contributed by atoms with van der Waals surface area (Å²) in [5.74, 6) is 6.24. The zero-order valence-electron chi connectivity index (χ0n) is 13.5. The lowest BCUT2D eigenvalue weighted by atomic mass is 10.2. The summed E-state index contributed by atoms with van der Waals surface area (Å²) in [5.41, 5.74) is 4.94. The summed E-state index contributed by atoms with van der Waals surface area (Å²) in [7, 11) is 0. The summed E-state index contributed by atoms with van der Waals surface area (Å²) < 4.78 is 13.1. The number of aromatic nitrogens is 1. The minimum atomic E-state index is -0.295. The van der Waals surface area contributed by atoms with Crippen LogP contribution in [0.15, 0.2) is 47.6 Å². The van der Waals surface area contributed by atoms with E-state index in [2.05, 4.69) is 32.6 Å². The zero-order valence-corrected chi connectivity index (χ0v) is 13.5. The van der Waals surface area contributed by atoms with Gasteiger partial charge in [-0.05, 0) is 49.7 Å². The number of nitrogens with zero attached hydrogens (tertiary/aromatic N) is 2. The molecule has 2 aliphatic rings. The molecule has 4 rings (SSSR count). The Bertz CT molecular complexity index is 848. The summed E-state index contributed by atoms with van der Waals surface area (Å²) in [6.45, 7) is 1.01. The van der Waals surface area contributed by atoms with E-state index >= 15 is 0 Å². The SMILES string of the molecule is Fc1cccc(C#Cc2ccc(C3=NC(C4CCCN4)ON3)nc2)c1. The van der Waals surface area contributed by atoms with Crippen LogP contribution >= 0.6 is 0 Å². The second-order valence-electron chi connectivity index (χ2n) is 5.98. The molecule has 2 unspecified atom stereocenters. The number of aliphatic imine (C=N–C) groups is 1. The highest BCUT2D eigenvalue weighted by Crippen LogP contribution is 2.17. The Kier molecular flexibility index (Phi) is 4.42. The number of hydrogen-bond acceptors (Lipinski definition) is 5. The average Bonchev–Trinajstić information content (AvgIpc) is 3.32. The van der Waals surface area contributed by atoms with Gasteiger partial charge in [0.2, 0.25) is 0 Å². The topological polar surface area (TPSA) is 58.5 Å². The molecule has 0 saturated carbocycles. The maximum absolute atomic E-state index is 13.1. The van der Waals surface area contributed by atoms with Crippen molar-refractivity contribution >= 4 is 5.84 Å². The minimum absolute atomic E-state index is 0.216. The maximum atomic E-state index is 13.1. The highest BCUT2D eigenvalue weighted by molar-refractivity contribution is 5.97. The molecule has 0 bridgehead atoms. The van der Waals surface area contributed by atoms with E-state index in [1.54, 1.807) is 18.3 Å². The third-order valence-corrected chi connectivity index (χ3v) is 4.16. The van der Waals surface area contributed by atoms with Gasteiger partial charge in [0.25, 0.3) is 0 Å². The van der Waals surface area contributed by atoms with Gasteiger partial charge in [-0.15, -0.1) is 0 Å². The first-order chi connectivity index (χ1) is 12.3. The standard InChI is InChI=1S/C19H17FN4O/c20-15-4-1-3-13(11-15)6-7-14-8-9-16(22-12-14)18-23-19(25-24-18)17-5-2-10-21-17/h1,3-4,8-9,11-12,17,19,21H,2,5,10H2,(H,23,24). The molecule has 0 amide bonds. The van der Waals surface area contributed by atoms with Gasteiger partial charge >= 0.3 is 0 Å². The van der Waals surface area contributed by atoms with E-state index in [4.69, 9.17) is 4.84 Å². The molecular weight excluding hydrogens is 319 g/mol. The van der Waals surface area contributed by atoms with Crippen molar-refractivity contribution in [2.24, 2.45) is 4.99 Å². The monoisotopic (exact) mass is 336 g/mol. The predicted molar refractivity (Wildman–Crippen MR) is 92.2 cm³/mol. The molecule has 1 saturated heterocycles. The first-order valence-electron chi connectivity index (χ1n) is 8.25. The number of amidine groups is 1. The predicted octanol–water partition coefficient (Wildman–Crippen LogP) is 1.98. The molecule has 5 nitrogen and oxygen atoms in total. The molecule has 6 heteroatoms. The number of halogens is 1. The molecule has 2 aromatic rings. The minimum Gasteiger partial charge on any atom is -0.310 e. The van der Waals surface area contributed by atoms with E-state index in [1.165, 1.54) is 12.1 Å². The molecule has 0 radical (unpaired) electrons. The van der Waals surface area contributed by atoms with Crippen molar-refractivity contribution < 1.29 is 9.23 Å². The fraction of sp³-hybridized carbons (Fsp3) is 0.263. The van der Waals surface area contributed by atoms with Crippen LogP contribution in [0.5, 0.6) is 0 Å². The van der Waals surface area contributed by atoms with E-state index in [0.717, 1.165) is 24.9 Å². The number of hydroxylamine groups is 1. The van der Waals surface area contributed by atoms with Crippen LogP contribution in [-0.4, -0.2) is 29.6 Å². The summed E-state index contributed by atoms with van der Waals surface area (Å²) >= 11 is 0. The van der Waals surface area contributed by atoms with Crippen molar-refractivity contribution in [2.75, 3.05) is 6.54 Å². The Hall–Kier alpha value is -2.75. The second-order valence-corrected chi connectivity index (χ2v) is 5.98. The lowest BCUT2D eigenvalue weighted by Crippen LogP contribution is -2.35. The highest BCUT2D eigenvalue weighted by Gasteiger charge is 2.30. The molecule has 25 heavy (non-hydrogen) atoms. The lowest BCUT2D eigenvalue weighted by molar-refractivity contribution is 0.0184. The smallest absolute Gasteiger partial charge is 0.192 e. The number of pyridine rings is 1. The van der Waals surface area contributed by atoms with E-state index in [-0.39, 0.29) is 18.1 Å². The van der Waals surface area contributed by atoms with Crippen molar-refractivity contribution in [3.8, 4) is 11.8 Å². The van der Waals surface area contributed by atoms with Gasteiger partial charge in [-0.1, -0.05) is 17.9 Å². The van der Waals surface area contributed by atoms with Gasteiger partial charge < -0.3 is 5.32 Å². The molecular formula is C19H17FN4O. The van der Waals surface area contributed by atoms with Crippen molar-refractivity contribution in [1.29, 1.82) is 0 Å². The quantitative estimate of drug-likeness (QED) is 0.824. The van der Waals surface area contributed by atoms with E-state index < -0.39 is 0 Å². The van der Waals surface area contributed by atoms with Gasteiger partial charge in [-0.25, -0.2) is 19.7 Å². The van der Waals surface area contributed by atoms with E-state index in [9.17, 15) is 4.39 Å². The Balaban J connectivity index is 1.46. The van der Waals surface area contributed by atoms with Gasteiger partial charge in [0.1, 0.15) is 11.5 Å². The van der Waals surface area contributed by atoms with Gasteiger partial charge in [-0.2, -0.15) is 0 Å². The van der Waals surface area contributed by atoms with Gasteiger partial charge in [0, 0.05) is 17.3 Å². The van der Waals surface area contributed by atoms with Crippen molar-refractivity contribution in [1.82, 2.24) is 15.8 Å². The Labute approximate surface area is 145 Å². The summed E-state index contributed by atoms with van der Waals surface area (Å²) in [5, 5.41) is 3.38. The Morgan fingerprint density at radius 2 is 2.08 bits per heavy atom. The number of rotatable bonds is 2. The first-order valence-corrected chi connectivity index (χ1v) is 8.25. The molecule has 1 fully saturated rings. The van der Waals surface area contributed by atoms with Crippen molar-refractivity contribution in [3.05, 3.63) is 65.2 Å². The largest absolute Gasteiger partial charge is 0.310 e. The summed E-state index contributed by atoms with van der Waals surface area (Å²) in [4.78, 5) is 14.5. The zero-order chi connectivity index (χ0) is 17.1. The van der Waals surface area contributed by atoms with Crippen LogP contribution in [0.25, 0.3) is 0 Å². The average molecular weight is 336 g/mol. The Morgan fingerprint density at radius 3 is 2.84 bits per heavy atom. The van der Waals surface area contributed by atoms with Crippen LogP contribution in [0.2, 0.25) is 0 Å². The van der Waals surface area contributed by atoms with Crippen LogP contribution in [0.3, 0.4) is 0 Å². The molecule has 3 heterocycles. The van der Waals surface area contributed by atoms with E-state index in [1.807, 2.05) is 12.1 Å². The van der Waals surface area contributed by atoms with Crippen molar-refractivity contribution in [2.45, 2.75) is 25.1 Å². The molecule has 0 spiro atoms. The third-order valence-electron chi connectivity index (χ3n) is 4.16. The van der Waals surface area contributed by atoms with Crippen LogP contribution in [0.1, 0.15) is 29.7 Å². The van der Waals surface area contributed by atoms with Crippen LogP contribution in [0.4, 0.5) is 4.39 Å². The lowest BCUT2D eigenvalue weighted by Gasteiger charge is -2.13. The molecule has 126 valence electrons. The summed E-state index contributed by atoms with van der Waals surface area (Å²) in [6, 6.07) is 10.2. The van der Waals surface area contributed by atoms with Crippen LogP contribution in [0, 0.1) is 17.7 Å². The maximum Gasteiger partial charge on any atom is 0.192 e. The number of benzene rings is 1. The van der Waals surface area contributed by atoms with Crippen LogP contribution in [-0.2, 0) is 4.84 Å². The molecule has 2 atom stereocenters. The molecule has 1 aromatic carbocycles. The normalized spacial score (nSPS) is 22.0. The molecule has 0 aliphatic carbocycles. The fourth-order valence-corrected chi connectivity index (χ4v) is 2.86. The van der Waals surface area contributed by atoms with Gasteiger partial charge in [0.05, 0.1) is 6.04 Å². The first kappa shape index (κ1) is 15.8. The molecule has 1 aromatic heterocycles. The van der Waals surface area contributed by atoms with Gasteiger partial charge in [0.15, 0.2) is 12.1 Å². The fourth-order valence-electron chi connectivity index (χ4n) is 2.86. The van der Waals surface area contributed by atoms with Crippen molar-refractivity contribution in [3.63, 3.8) is 0 Å². The Morgan fingerprint density at radius 1 is 1.16 bits per heavy atom. The molecule has 2 aliphatic heterocycles. The number of nitrogens with one attached hydrogen (secondary N) is 2. The second kappa shape index (κ2) is 7.01. The summed E-state index contributed by atoms with van der Waals surface area (Å²) in [6.07, 6.45) is 3.66. The number of hydrogen-bond donors (Lipinski definition) is 2. The third kappa shape index (κ3) is 3.68. The van der Waals surface area contributed by atoms with E-state index in [0.29, 0.717) is 17.1 Å². The highest BCUT2D eigenvalue weighted by atomic mass is 19.1. The molecule has 2 N–H and O–H groups in total. The van der Waals surface area contributed by atoms with Crippen LogP contribution < -0.4 is 10.8 Å².